The van der Waals surface area contributed by atoms with Crippen LogP contribution in [-0.4, -0.2) is 32.8 Å². The van der Waals surface area contributed by atoms with Gasteiger partial charge in [-0.3, -0.25) is 4.68 Å². The van der Waals surface area contributed by atoms with E-state index in [1.54, 1.807) is 24.0 Å². The molecule has 3 rings (SSSR count). The van der Waals surface area contributed by atoms with E-state index < -0.39 is 5.97 Å². The van der Waals surface area contributed by atoms with Gasteiger partial charge in [0.25, 0.3) is 0 Å². The fourth-order valence-corrected chi connectivity index (χ4v) is 2.08. The number of hydrogen-bond donors (Lipinski definition) is 1. The van der Waals surface area contributed by atoms with Crippen LogP contribution in [0.4, 0.5) is 5.82 Å². The van der Waals surface area contributed by atoms with Crippen LogP contribution in [0.15, 0.2) is 18.5 Å². The van der Waals surface area contributed by atoms with Gasteiger partial charge >= 0.3 is 5.97 Å². The highest BCUT2D eigenvalue weighted by atomic mass is 16.5. The van der Waals surface area contributed by atoms with Gasteiger partial charge in [0.2, 0.25) is 0 Å². The van der Waals surface area contributed by atoms with Crippen molar-refractivity contribution < 1.29 is 9.53 Å². The predicted molar refractivity (Wildman–Crippen MR) is 69.6 cm³/mol. The van der Waals surface area contributed by atoms with Crippen LogP contribution in [0.25, 0.3) is 21.8 Å². The first-order valence-corrected chi connectivity index (χ1v) is 5.57. The molecule has 0 unspecified atom stereocenters. The summed E-state index contributed by atoms with van der Waals surface area (Å²) < 4.78 is 6.35. The van der Waals surface area contributed by atoms with Gasteiger partial charge in [0.1, 0.15) is 11.5 Å². The maximum atomic E-state index is 11.5. The van der Waals surface area contributed by atoms with E-state index in [0.717, 1.165) is 16.3 Å². The van der Waals surface area contributed by atoms with Crippen molar-refractivity contribution in [3.63, 3.8) is 0 Å². The van der Waals surface area contributed by atoms with Gasteiger partial charge in [-0.25, -0.2) is 14.8 Å². The van der Waals surface area contributed by atoms with Crippen molar-refractivity contribution in [2.24, 2.45) is 7.05 Å². The number of rotatable bonds is 1. The highest BCUT2D eigenvalue weighted by molar-refractivity contribution is 6.08. The predicted octanol–water partition coefficient (Wildman–Crippen LogP) is 0.885. The lowest BCUT2D eigenvalue weighted by molar-refractivity contribution is 0.0594. The van der Waals surface area contributed by atoms with Gasteiger partial charge in [-0.15, -0.1) is 0 Å². The lowest BCUT2D eigenvalue weighted by Gasteiger charge is -2.05. The number of methoxy groups -OCH3 is 1. The zero-order chi connectivity index (χ0) is 13.6. The SMILES string of the molecule is COC(=O)c1cc2c(cn1)nc(N)c1cnn(C)c12. The van der Waals surface area contributed by atoms with E-state index in [4.69, 9.17) is 5.73 Å². The van der Waals surface area contributed by atoms with Crippen LogP contribution in [0.5, 0.6) is 0 Å². The van der Waals surface area contributed by atoms with E-state index in [1.807, 2.05) is 0 Å². The van der Waals surface area contributed by atoms with Crippen molar-refractivity contribution in [1.29, 1.82) is 0 Å². The first-order chi connectivity index (χ1) is 9.11. The zero-order valence-electron chi connectivity index (χ0n) is 10.4. The van der Waals surface area contributed by atoms with Crippen molar-refractivity contribution in [1.82, 2.24) is 19.7 Å². The lowest BCUT2D eigenvalue weighted by Crippen LogP contribution is -2.05. The van der Waals surface area contributed by atoms with Gasteiger partial charge in [0, 0.05) is 12.4 Å². The first-order valence-electron chi connectivity index (χ1n) is 5.57. The van der Waals surface area contributed by atoms with Crippen LogP contribution in [-0.2, 0) is 11.8 Å². The number of pyridine rings is 2. The van der Waals surface area contributed by atoms with Gasteiger partial charge in [0.05, 0.1) is 35.9 Å². The third kappa shape index (κ3) is 1.59. The Balaban J connectivity index is 2.43. The van der Waals surface area contributed by atoms with E-state index >= 15 is 0 Å². The number of anilines is 1. The average molecular weight is 257 g/mol. The number of carbonyl (C=O) groups excluding carboxylic acids is 1. The summed E-state index contributed by atoms with van der Waals surface area (Å²) in [6.07, 6.45) is 3.15. The third-order valence-corrected chi connectivity index (χ3v) is 2.99. The molecular formula is C12H11N5O2. The molecule has 0 radical (unpaired) electrons. The Kier molecular flexibility index (Phi) is 2.34. The van der Waals surface area contributed by atoms with Crippen LogP contribution in [0.3, 0.4) is 0 Å². The molecule has 0 aliphatic rings. The Morgan fingerprint density at radius 3 is 2.89 bits per heavy atom. The number of fused-ring (bicyclic) bond motifs is 3. The van der Waals surface area contributed by atoms with Crippen LogP contribution >= 0.6 is 0 Å². The number of ether oxygens (including phenoxy) is 1. The standard InChI is InChI=1S/C12H11N5O2/c1-17-10-6-3-8(12(18)19-2)14-5-9(6)16-11(13)7(10)4-15-17/h3-5H,1-2H3,(H2,13,16). The Morgan fingerprint density at radius 2 is 2.16 bits per heavy atom. The van der Waals surface area contributed by atoms with E-state index in [9.17, 15) is 4.79 Å². The summed E-state index contributed by atoms with van der Waals surface area (Å²) in [7, 11) is 3.12. The minimum absolute atomic E-state index is 0.226. The van der Waals surface area contributed by atoms with Crippen molar-refractivity contribution in [3.8, 4) is 0 Å². The molecule has 0 aromatic carbocycles. The van der Waals surface area contributed by atoms with Crippen molar-refractivity contribution in [2.75, 3.05) is 12.8 Å². The number of aryl methyl sites for hydroxylation is 1. The molecule has 0 aliphatic heterocycles. The molecule has 7 nitrogen and oxygen atoms in total. The molecule has 0 amide bonds. The summed E-state index contributed by atoms with van der Waals surface area (Å²) >= 11 is 0. The average Bonchev–Trinajstić information content (AvgIpc) is 2.81. The van der Waals surface area contributed by atoms with Gasteiger partial charge in [-0.05, 0) is 6.07 Å². The summed E-state index contributed by atoms with van der Waals surface area (Å²) in [5, 5.41) is 5.67. The summed E-state index contributed by atoms with van der Waals surface area (Å²) in [6, 6.07) is 1.64. The summed E-state index contributed by atoms with van der Waals surface area (Å²) in [5.41, 5.74) is 7.53. The Bertz CT molecular complexity index is 809. The number of esters is 1. The highest BCUT2D eigenvalue weighted by Crippen LogP contribution is 2.27. The number of aromatic nitrogens is 4. The summed E-state index contributed by atoms with van der Waals surface area (Å²) in [6.45, 7) is 0. The Morgan fingerprint density at radius 1 is 1.37 bits per heavy atom. The number of nitrogen functional groups attached to an aromatic ring is 1. The van der Waals surface area contributed by atoms with Crippen molar-refractivity contribution in [3.05, 3.63) is 24.2 Å². The fourth-order valence-electron chi connectivity index (χ4n) is 2.08. The van der Waals surface area contributed by atoms with Crippen molar-refractivity contribution in [2.45, 2.75) is 0 Å². The van der Waals surface area contributed by atoms with Gasteiger partial charge < -0.3 is 10.5 Å². The lowest BCUT2D eigenvalue weighted by atomic mass is 10.1. The van der Waals surface area contributed by atoms with Crippen LogP contribution < -0.4 is 5.73 Å². The van der Waals surface area contributed by atoms with E-state index in [0.29, 0.717) is 11.3 Å². The van der Waals surface area contributed by atoms with Gasteiger partial charge in [0.15, 0.2) is 0 Å². The van der Waals surface area contributed by atoms with Crippen LogP contribution in [0.1, 0.15) is 10.5 Å². The summed E-state index contributed by atoms with van der Waals surface area (Å²) in [4.78, 5) is 19.8. The van der Waals surface area contributed by atoms with Crippen LogP contribution in [0.2, 0.25) is 0 Å². The van der Waals surface area contributed by atoms with E-state index in [1.165, 1.54) is 13.3 Å². The normalized spacial score (nSPS) is 11.1. The minimum Gasteiger partial charge on any atom is -0.464 e. The maximum Gasteiger partial charge on any atom is 0.356 e. The topological polar surface area (TPSA) is 95.9 Å². The highest BCUT2D eigenvalue weighted by Gasteiger charge is 2.14. The smallest absolute Gasteiger partial charge is 0.356 e. The number of hydrogen-bond acceptors (Lipinski definition) is 6. The fraction of sp³-hybridized carbons (Fsp3) is 0.167. The molecule has 19 heavy (non-hydrogen) atoms. The molecule has 3 heterocycles. The first kappa shape index (κ1) is 11.4. The molecule has 0 fully saturated rings. The third-order valence-electron chi connectivity index (χ3n) is 2.99. The zero-order valence-corrected chi connectivity index (χ0v) is 10.4. The van der Waals surface area contributed by atoms with Gasteiger partial charge in [-0.2, -0.15) is 5.10 Å². The Labute approximate surface area is 108 Å². The Hall–Kier alpha value is -2.70. The molecule has 2 N–H and O–H groups in total. The number of nitrogens with two attached hydrogens (primary N) is 1. The largest absolute Gasteiger partial charge is 0.464 e. The molecule has 0 spiro atoms. The quantitative estimate of drug-likeness (QED) is 0.650. The molecule has 0 aliphatic carbocycles. The summed E-state index contributed by atoms with van der Waals surface area (Å²) in [5.74, 6) is -0.0998. The molecular weight excluding hydrogens is 246 g/mol. The maximum absolute atomic E-state index is 11.5. The molecule has 0 saturated carbocycles. The van der Waals surface area contributed by atoms with Crippen molar-refractivity contribution >= 4 is 33.6 Å². The van der Waals surface area contributed by atoms with Crippen LogP contribution in [0, 0.1) is 0 Å². The monoisotopic (exact) mass is 257 g/mol. The second-order valence-corrected chi connectivity index (χ2v) is 4.11. The molecule has 96 valence electrons. The molecule has 0 bridgehead atoms. The molecule has 0 saturated heterocycles. The molecule has 3 aromatic rings. The number of carbonyl (C=O) groups is 1. The molecule has 0 atom stereocenters. The number of nitrogens with zero attached hydrogens (tertiary/aromatic N) is 4. The molecule has 7 heteroatoms. The minimum atomic E-state index is -0.492. The second-order valence-electron chi connectivity index (χ2n) is 4.11. The second kappa shape index (κ2) is 3.91. The van der Waals surface area contributed by atoms with E-state index in [-0.39, 0.29) is 5.69 Å². The molecule has 3 aromatic heterocycles. The van der Waals surface area contributed by atoms with E-state index in [2.05, 4.69) is 19.8 Å². The van der Waals surface area contributed by atoms with Gasteiger partial charge in [-0.1, -0.05) is 0 Å².